The van der Waals surface area contributed by atoms with Crippen molar-refractivity contribution in [3.63, 3.8) is 0 Å². The zero-order chi connectivity index (χ0) is 15.8. The Hall–Kier alpha value is -1.08. The van der Waals surface area contributed by atoms with Gasteiger partial charge in [-0.25, -0.2) is 8.42 Å². The second-order valence-corrected chi connectivity index (χ2v) is 8.73. The summed E-state index contributed by atoms with van der Waals surface area (Å²) in [5.74, 6) is -0.0120. The van der Waals surface area contributed by atoms with E-state index in [0.717, 1.165) is 19.3 Å². The lowest BCUT2D eigenvalue weighted by atomic mass is 10.2. The van der Waals surface area contributed by atoms with Crippen LogP contribution in [0.15, 0.2) is 4.90 Å². The van der Waals surface area contributed by atoms with Crippen LogP contribution in [0.25, 0.3) is 0 Å². The van der Waals surface area contributed by atoms with Gasteiger partial charge >= 0.3 is 0 Å². The number of sulfone groups is 1. The van der Waals surface area contributed by atoms with E-state index in [1.807, 2.05) is 13.8 Å². The van der Waals surface area contributed by atoms with Gasteiger partial charge in [-0.2, -0.15) is 0 Å². The van der Waals surface area contributed by atoms with Gasteiger partial charge in [-0.1, -0.05) is 13.8 Å². The van der Waals surface area contributed by atoms with Gasteiger partial charge in [0.15, 0.2) is 15.6 Å². The van der Waals surface area contributed by atoms with Gasteiger partial charge in [0, 0.05) is 12.0 Å². The molecule has 0 saturated heterocycles. The smallest absolute Gasteiger partial charge is 0.183 e. The molecule has 5 nitrogen and oxygen atoms in total. The number of thiophene rings is 1. The second-order valence-electron chi connectivity index (χ2n) is 5.50. The fourth-order valence-corrected chi connectivity index (χ4v) is 4.80. The molecule has 1 unspecified atom stereocenters. The molecule has 1 aromatic rings. The van der Waals surface area contributed by atoms with Gasteiger partial charge < -0.3 is 11.1 Å². The standard InChI is InChI=1S/C14H22N2O3S2/c1-4-8(3)16-14-13(21(18,19)5-2)10(15)12(20-14)11(17)9-6-7-9/h8-9,16H,4-7,15H2,1-3H3. The third-order valence-corrected chi connectivity index (χ3v) is 6.84. The van der Waals surface area contributed by atoms with E-state index in [2.05, 4.69) is 5.32 Å². The minimum Gasteiger partial charge on any atom is -0.396 e. The SMILES string of the molecule is CCC(C)Nc1sc(C(=O)C2CC2)c(N)c1S(=O)(=O)CC. The van der Waals surface area contributed by atoms with Crippen molar-refractivity contribution in [2.75, 3.05) is 16.8 Å². The summed E-state index contributed by atoms with van der Waals surface area (Å²) in [5.41, 5.74) is 6.15. The summed E-state index contributed by atoms with van der Waals surface area (Å²) < 4.78 is 24.6. The van der Waals surface area contributed by atoms with Crippen molar-refractivity contribution in [2.45, 2.75) is 51.0 Å². The molecule has 7 heteroatoms. The van der Waals surface area contributed by atoms with Crippen LogP contribution < -0.4 is 11.1 Å². The van der Waals surface area contributed by atoms with Gasteiger partial charge in [0.2, 0.25) is 0 Å². The highest BCUT2D eigenvalue weighted by Gasteiger charge is 2.36. The molecule has 1 aromatic heterocycles. The van der Waals surface area contributed by atoms with Crippen molar-refractivity contribution in [3.05, 3.63) is 4.88 Å². The molecule has 0 aliphatic heterocycles. The summed E-state index contributed by atoms with van der Waals surface area (Å²) in [6.07, 6.45) is 2.61. The molecule has 118 valence electrons. The molecule has 0 aromatic carbocycles. The van der Waals surface area contributed by atoms with Gasteiger partial charge in [0.05, 0.1) is 16.3 Å². The van der Waals surface area contributed by atoms with Gasteiger partial charge in [0.25, 0.3) is 0 Å². The highest BCUT2D eigenvalue weighted by atomic mass is 32.2. The van der Waals surface area contributed by atoms with Crippen molar-refractivity contribution in [3.8, 4) is 0 Å². The Balaban J connectivity index is 2.51. The third-order valence-electron chi connectivity index (χ3n) is 3.75. The zero-order valence-corrected chi connectivity index (χ0v) is 14.2. The fourth-order valence-electron chi connectivity index (χ4n) is 2.02. The van der Waals surface area contributed by atoms with E-state index < -0.39 is 9.84 Å². The molecular formula is C14H22N2O3S2. The molecule has 0 spiro atoms. The molecular weight excluding hydrogens is 308 g/mol. The van der Waals surface area contributed by atoms with Crippen LogP contribution in [0.4, 0.5) is 10.7 Å². The molecule has 2 rings (SSSR count). The lowest BCUT2D eigenvalue weighted by Gasteiger charge is -2.13. The van der Waals surface area contributed by atoms with E-state index >= 15 is 0 Å². The van der Waals surface area contributed by atoms with Crippen molar-refractivity contribution >= 4 is 37.6 Å². The van der Waals surface area contributed by atoms with Crippen LogP contribution >= 0.6 is 11.3 Å². The highest BCUT2D eigenvalue weighted by molar-refractivity contribution is 7.92. The Labute approximate surface area is 129 Å². The average molecular weight is 330 g/mol. The maximum atomic E-state index is 12.3. The number of nitrogens with one attached hydrogen (secondary N) is 1. The van der Waals surface area contributed by atoms with Gasteiger partial charge in [-0.05, 0) is 26.2 Å². The maximum Gasteiger partial charge on any atom is 0.183 e. The van der Waals surface area contributed by atoms with Crippen molar-refractivity contribution in [1.82, 2.24) is 0 Å². The first-order valence-corrected chi connectivity index (χ1v) is 9.74. The summed E-state index contributed by atoms with van der Waals surface area (Å²) >= 11 is 1.18. The number of nitrogen functional groups attached to an aromatic ring is 1. The van der Waals surface area contributed by atoms with E-state index in [4.69, 9.17) is 5.73 Å². The normalized spacial score (nSPS) is 16.7. The number of carbonyl (C=O) groups excluding carboxylic acids is 1. The Morgan fingerprint density at radius 3 is 2.52 bits per heavy atom. The summed E-state index contributed by atoms with van der Waals surface area (Å²) in [7, 11) is -3.46. The Morgan fingerprint density at radius 2 is 2.05 bits per heavy atom. The molecule has 1 saturated carbocycles. The molecule has 3 N–H and O–H groups in total. The number of hydrogen-bond donors (Lipinski definition) is 2. The monoisotopic (exact) mass is 330 g/mol. The molecule has 1 aliphatic rings. The molecule has 0 radical (unpaired) electrons. The van der Waals surface area contributed by atoms with Crippen LogP contribution in [-0.4, -0.2) is 26.0 Å². The van der Waals surface area contributed by atoms with Crippen LogP contribution in [0.1, 0.15) is 49.7 Å². The molecule has 1 heterocycles. The number of Topliss-reactive ketones (excluding diaryl/α,β-unsaturated/α-hetero) is 1. The predicted molar refractivity (Wildman–Crippen MR) is 86.9 cm³/mol. The van der Waals surface area contributed by atoms with Gasteiger partial charge in [-0.3, -0.25) is 4.79 Å². The topological polar surface area (TPSA) is 89.3 Å². The Kier molecular flexibility index (Phi) is 4.63. The Morgan fingerprint density at radius 1 is 1.43 bits per heavy atom. The van der Waals surface area contributed by atoms with Crippen molar-refractivity contribution in [2.24, 2.45) is 5.92 Å². The van der Waals surface area contributed by atoms with Crippen molar-refractivity contribution < 1.29 is 13.2 Å². The first-order chi connectivity index (χ1) is 9.81. The molecule has 0 bridgehead atoms. The zero-order valence-electron chi connectivity index (χ0n) is 12.6. The molecule has 21 heavy (non-hydrogen) atoms. The lowest BCUT2D eigenvalue weighted by Crippen LogP contribution is -2.15. The van der Waals surface area contributed by atoms with Crippen LogP contribution in [0.5, 0.6) is 0 Å². The number of nitrogens with two attached hydrogens (primary N) is 1. The van der Waals surface area contributed by atoms with Gasteiger partial charge in [0.1, 0.15) is 9.90 Å². The highest BCUT2D eigenvalue weighted by Crippen LogP contribution is 2.44. The van der Waals surface area contributed by atoms with Crippen LogP contribution in [0.2, 0.25) is 0 Å². The maximum absolute atomic E-state index is 12.3. The number of anilines is 2. The van der Waals surface area contributed by atoms with Crippen LogP contribution in [0.3, 0.4) is 0 Å². The quantitative estimate of drug-likeness (QED) is 0.750. The first kappa shape index (κ1) is 16.3. The summed E-state index contributed by atoms with van der Waals surface area (Å²) in [5, 5.41) is 3.69. The molecule has 0 amide bonds. The number of rotatable bonds is 7. The van der Waals surface area contributed by atoms with E-state index in [0.29, 0.717) is 9.88 Å². The minimum absolute atomic E-state index is 0.0118. The summed E-state index contributed by atoms with van der Waals surface area (Å²) in [6.45, 7) is 5.57. The summed E-state index contributed by atoms with van der Waals surface area (Å²) in [4.78, 5) is 12.8. The minimum atomic E-state index is -3.46. The van der Waals surface area contributed by atoms with Crippen LogP contribution in [-0.2, 0) is 9.84 Å². The number of hydrogen-bond acceptors (Lipinski definition) is 6. The molecule has 1 fully saturated rings. The number of carbonyl (C=O) groups is 1. The molecule has 1 atom stereocenters. The first-order valence-electron chi connectivity index (χ1n) is 7.27. The summed E-state index contributed by atoms with van der Waals surface area (Å²) in [6, 6.07) is 0.123. The average Bonchev–Trinajstić information content (AvgIpc) is 3.23. The van der Waals surface area contributed by atoms with Crippen LogP contribution in [0, 0.1) is 5.92 Å². The third kappa shape index (κ3) is 3.23. The van der Waals surface area contributed by atoms with E-state index in [1.54, 1.807) is 6.92 Å². The predicted octanol–water partition coefficient (Wildman–Crippen LogP) is 2.93. The lowest BCUT2D eigenvalue weighted by molar-refractivity contribution is 0.0972. The van der Waals surface area contributed by atoms with E-state index in [1.165, 1.54) is 11.3 Å². The van der Waals surface area contributed by atoms with E-state index in [-0.39, 0.29) is 34.1 Å². The second kappa shape index (κ2) is 5.96. The number of ketones is 1. The van der Waals surface area contributed by atoms with E-state index in [9.17, 15) is 13.2 Å². The van der Waals surface area contributed by atoms with Crippen molar-refractivity contribution in [1.29, 1.82) is 0 Å². The largest absolute Gasteiger partial charge is 0.396 e. The van der Waals surface area contributed by atoms with Gasteiger partial charge in [-0.15, -0.1) is 11.3 Å². The fraction of sp³-hybridized carbons (Fsp3) is 0.643. The Bertz CT molecular complexity index is 645. The molecule has 1 aliphatic carbocycles.